The van der Waals surface area contributed by atoms with E-state index in [0.717, 1.165) is 22.2 Å². The summed E-state index contributed by atoms with van der Waals surface area (Å²) in [6.45, 7) is 8.01. The van der Waals surface area contributed by atoms with E-state index in [-0.39, 0.29) is 18.0 Å². The number of rotatable bonds is 4. The minimum Gasteiger partial charge on any atom is -0.448 e. The van der Waals surface area contributed by atoms with E-state index in [1.807, 2.05) is 65.8 Å². The van der Waals surface area contributed by atoms with Crippen molar-refractivity contribution in [3.63, 3.8) is 0 Å². The van der Waals surface area contributed by atoms with Crippen molar-refractivity contribution in [3.05, 3.63) is 89.3 Å². The summed E-state index contributed by atoms with van der Waals surface area (Å²) in [6, 6.07) is 19.5. The van der Waals surface area contributed by atoms with Crippen molar-refractivity contribution in [2.24, 2.45) is 0 Å². The molecule has 2 aromatic heterocycles. The predicted molar refractivity (Wildman–Crippen MR) is 137 cm³/mol. The predicted octanol–water partition coefficient (Wildman–Crippen LogP) is 5.28. The number of carbonyl (C=O) groups is 2. The monoisotopic (exact) mass is 470 g/mol. The average molecular weight is 471 g/mol. The molecule has 1 unspecified atom stereocenters. The summed E-state index contributed by atoms with van der Waals surface area (Å²) in [5, 5.41) is 3.87. The number of furan rings is 1. The van der Waals surface area contributed by atoms with E-state index in [0.29, 0.717) is 37.6 Å². The number of hydrogen-bond acceptors (Lipinski definition) is 3. The first kappa shape index (κ1) is 22.8. The van der Waals surface area contributed by atoms with Crippen molar-refractivity contribution >= 4 is 28.7 Å². The Balaban J connectivity index is 1.31. The zero-order valence-electron chi connectivity index (χ0n) is 20.3. The Morgan fingerprint density at radius 3 is 2.54 bits per heavy atom. The van der Waals surface area contributed by atoms with Crippen molar-refractivity contribution in [2.75, 3.05) is 25.0 Å². The topological polar surface area (TPSA) is 70.7 Å². The van der Waals surface area contributed by atoms with Gasteiger partial charge < -0.3 is 24.1 Å². The van der Waals surface area contributed by atoms with Crippen LogP contribution in [0, 0.1) is 13.8 Å². The molecule has 1 N–H and O–H groups in total. The molecule has 4 aromatic rings. The van der Waals surface area contributed by atoms with Crippen LogP contribution in [0.1, 0.15) is 34.1 Å². The number of aryl methyl sites for hydroxylation is 2. The fourth-order valence-corrected chi connectivity index (χ4v) is 4.74. The van der Waals surface area contributed by atoms with Crippen LogP contribution in [-0.4, -0.2) is 52.0 Å². The Labute approximate surface area is 204 Å². The number of amides is 3. The maximum atomic E-state index is 13.6. The third kappa shape index (κ3) is 4.67. The van der Waals surface area contributed by atoms with E-state index in [1.54, 1.807) is 11.2 Å². The molecular weight excluding hydrogens is 440 g/mol. The van der Waals surface area contributed by atoms with Crippen molar-refractivity contribution in [1.29, 1.82) is 0 Å². The molecule has 1 aliphatic rings. The van der Waals surface area contributed by atoms with Crippen LogP contribution < -0.4 is 5.32 Å². The highest BCUT2D eigenvalue weighted by molar-refractivity contribution is 5.98. The van der Waals surface area contributed by atoms with Gasteiger partial charge in [-0.15, -0.1) is 0 Å². The standard InChI is InChI=1S/C28H30N4O3/c1-19-7-9-24(10-8-19)29-28(34)31-13-12-30(17-21(31)3)26(33)25-16-23-11-14-35-27(23)32(25)18-22-6-4-5-20(2)15-22/h4-11,14-16,21H,12-13,17-18H2,1-3H3,(H,29,34). The molecule has 1 atom stereocenters. The number of hydrogen-bond donors (Lipinski definition) is 1. The maximum absolute atomic E-state index is 13.6. The number of benzene rings is 2. The van der Waals surface area contributed by atoms with Crippen LogP contribution in [0.3, 0.4) is 0 Å². The normalized spacial score (nSPS) is 16.0. The second-order valence-corrected chi connectivity index (χ2v) is 9.38. The second kappa shape index (κ2) is 9.33. The molecule has 3 heterocycles. The Kier molecular flexibility index (Phi) is 6.07. The number of carbonyl (C=O) groups excluding carboxylic acids is 2. The molecule has 7 nitrogen and oxygen atoms in total. The maximum Gasteiger partial charge on any atom is 0.322 e. The molecule has 0 radical (unpaired) electrons. The lowest BCUT2D eigenvalue weighted by Gasteiger charge is -2.39. The first-order valence-electron chi connectivity index (χ1n) is 11.9. The van der Waals surface area contributed by atoms with Crippen molar-refractivity contribution in [2.45, 2.75) is 33.4 Å². The van der Waals surface area contributed by atoms with Gasteiger partial charge in [0.2, 0.25) is 5.71 Å². The molecule has 1 saturated heterocycles. The smallest absolute Gasteiger partial charge is 0.322 e. The number of urea groups is 1. The zero-order valence-corrected chi connectivity index (χ0v) is 20.3. The molecular formula is C28H30N4O3. The van der Waals surface area contributed by atoms with Gasteiger partial charge in [0.1, 0.15) is 5.69 Å². The summed E-state index contributed by atoms with van der Waals surface area (Å²) in [4.78, 5) is 30.1. The van der Waals surface area contributed by atoms with Gasteiger partial charge in [-0.25, -0.2) is 4.79 Å². The lowest BCUT2D eigenvalue weighted by atomic mass is 10.1. The molecule has 0 bridgehead atoms. The minimum absolute atomic E-state index is 0.0468. The number of aromatic nitrogens is 1. The van der Waals surface area contributed by atoms with Crippen molar-refractivity contribution < 1.29 is 14.0 Å². The van der Waals surface area contributed by atoms with E-state index in [9.17, 15) is 9.59 Å². The van der Waals surface area contributed by atoms with Gasteiger partial charge in [0, 0.05) is 36.7 Å². The summed E-state index contributed by atoms with van der Waals surface area (Å²) >= 11 is 0. The molecule has 0 aliphatic carbocycles. The lowest BCUT2D eigenvalue weighted by molar-refractivity contribution is 0.0582. The number of anilines is 1. The van der Waals surface area contributed by atoms with E-state index in [1.165, 1.54) is 5.56 Å². The zero-order chi connectivity index (χ0) is 24.5. The van der Waals surface area contributed by atoms with Crippen LogP contribution in [0.25, 0.3) is 11.1 Å². The van der Waals surface area contributed by atoms with Crippen LogP contribution in [-0.2, 0) is 6.54 Å². The third-order valence-corrected chi connectivity index (χ3v) is 6.62. The lowest BCUT2D eigenvalue weighted by Crippen LogP contribution is -2.56. The summed E-state index contributed by atoms with van der Waals surface area (Å²) in [5.74, 6) is -0.0468. The molecule has 0 saturated carbocycles. The molecule has 5 rings (SSSR count). The SMILES string of the molecule is Cc1ccc(NC(=O)N2CCN(C(=O)c3cc4ccoc4n3Cc3cccc(C)c3)CC2C)cc1. The van der Waals surface area contributed by atoms with Gasteiger partial charge in [-0.2, -0.15) is 0 Å². The van der Waals surface area contributed by atoms with Gasteiger partial charge >= 0.3 is 6.03 Å². The Morgan fingerprint density at radius 1 is 1.00 bits per heavy atom. The summed E-state index contributed by atoms with van der Waals surface area (Å²) in [5.41, 5.74) is 5.49. The molecule has 2 aromatic carbocycles. The molecule has 0 spiro atoms. The summed E-state index contributed by atoms with van der Waals surface area (Å²) in [6.07, 6.45) is 1.65. The Hall–Kier alpha value is -4.00. The Bertz CT molecular complexity index is 1370. The van der Waals surface area contributed by atoms with Gasteiger partial charge in [-0.3, -0.25) is 4.79 Å². The fourth-order valence-electron chi connectivity index (χ4n) is 4.74. The van der Waals surface area contributed by atoms with Gasteiger partial charge in [0.15, 0.2) is 0 Å². The summed E-state index contributed by atoms with van der Waals surface area (Å²) in [7, 11) is 0. The highest BCUT2D eigenvalue weighted by Gasteiger charge is 2.32. The molecule has 35 heavy (non-hydrogen) atoms. The van der Waals surface area contributed by atoms with Crippen LogP contribution in [0.15, 0.2) is 71.3 Å². The quantitative estimate of drug-likeness (QED) is 0.441. The number of piperazine rings is 1. The molecule has 1 fully saturated rings. The van der Waals surface area contributed by atoms with E-state index in [4.69, 9.17) is 4.42 Å². The van der Waals surface area contributed by atoms with Crippen molar-refractivity contribution in [1.82, 2.24) is 14.4 Å². The van der Waals surface area contributed by atoms with Crippen LogP contribution in [0.2, 0.25) is 0 Å². The molecule has 1 aliphatic heterocycles. The fraction of sp³-hybridized carbons (Fsp3) is 0.286. The van der Waals surface area contributed by atoms with Gasteiger partial charge in [-0.05, 0) is 50.6 Å². The Morgan fingerprint density at radius 2 is 1.80 bits per heavy atom. The minimum atomic E-state index is -0.145. The average Bonchev–Trinajstić information content (AvgIpc) is 3.43. The van der Waals surface area contributed by atoms with E-state index in [2.05, 4.69) is 30.4 Å². The largest absolute Gasteiger partial charge is 0.448 e. The molecule has 180 valence electrons. The van der Waals surface area contributed by atoms with E-state index < -0.39 is 0 Å². The van der Waals surface area contributed by atoms with Crippen LogP contribution in [0.4, 0.5) is 10.5 Å². The first-order valence-corrected chi connectivity index (χ1v) is 11.9. The number of nitrogens with one attached hydrogen (secondary N) is 1. The van der Waals surface area contributed by atoms with Crippen LogP contribution >= 0.6 is 0 Å². The highest BCUT2D eigenvalue weighted by Crippen LogP contribution is 2.25. The highest BCUT2D eigenvalue weighted by atomic mass is 16.3. The number of fused-ring (bicyclic) bond motifs is 1. The van der Waals surface area contributed by atoms with Gasteiger partial charge in [0.05, 0.1) is 12.8 Å². The second-order valence-electron chi connectivity index (χ2n) is 9.38. The summed E-state index contributed by atoms with van der Waals surface area (Å²) < 4.78 is 7.69. The first-order chi connectivity index (χ1) is 16.9. The third-order valence-electron chi connectivity index (χ3n) is 6.62. The molecule has 7 heteroatoms. The van der Waals surface area contributed by atoms with E-state index >= 15 is 0 Å². The van der Waals surface area contributed by atoms with Crippen molar-refractivity contribution in [3.8, 4) is 0 Å². The van der Waals surface area contributed by atoms with Crippen LogP contribution in [0.5, 0.6) is 0 Å². The van der Waals surface area contributed by atoms with Gasteiger partial charge in [-0.1, -0.05) is 47.5 Å². The van der Waals surface area contributed by atoms with Gasteiger partial charge in [0.25, 0.3) is 5.91 Å². The molecule has 3 amide bonds. The number of nitrogens with zero attached hydrogens (tertiary/aromatic N) is 3.